The van der Waals surface area contributed by atoms with Crippen LogP contribution in [0.5, 0.6) is 0 Å². The summed E-state index contributed by atoms with van der Waals surface area (Å²) in [6, 6.07) is 0. The average Bonchev–Trinajstić information content (AvgIpc) is 3.04. The number of anilines is 2. The summed E-state index contributed by atoms with van der Waals surface area (Å²) in [6.45, 7) is 3.79. The Hall–Kier alpha value is -2.22. The van der Waals surface area contributed by atoms with Gasteiger partial charge >= 0.3 is 0 Å². The fourth-order valence-electron chi connectivity index (χ4n) is 1.69. The standard InChI is InChI=1S/C13H21N7O/c1-2-5-15-11-17-12(16-6-3-4-9-21)19-13(18-11)20-8-7-14-10-20/h7-8,10,21H,2-6,9H2,1H3,(H2,15,16,17,18,19). The van der Waals surface area contributed by atoms with E-state index >= 15 is 0 Å². The van der Waals surface area contributed by atoms with Gasteiger partial charge in [-0.25, -0.2) is 4.98 Å². The van der Waals surface area contributed by atoms with Crippen LogP contribution in [0.3, 0.4) is 0 Å². The van der Waals surface area contributed by atoms with Crippen LogP contribution in [0, 0.1) is 0 Å². The molecule has 0 fully saturated rings. The van der Waals surface area contributed by atoms with E-state index < -0.39 is 0 Å². The first-order valence-corrected chi connectivity index (χ1v) is 7.16. The molecule has 8 nitrogen and oxygen atoms in total. The number of aliphatic hydroxyl groups is 1. The largest absolute Gasteiger partial charge is 0.396 e. The van der Waals surface area contributed by atoms with Crippen LogP contribution in [0.15, 0.2) is 18.7 Å². The molecule has 0 unspecified atom stereocenters. The number of nitrogens with one attached hydrogen (secondary N) is 2. The molecule has 0 aliphatic heterocycles. The molecule has 21 heavy (non-hydrogen) atoms. The van der Waals surface area contributed by atoms with E-state index in [1.807, 2.05) is 0 Å². The monoisotopic (exact) mass is 291 g/mol. The Kier molecular flexibility index (Phi) is 5.89. The Morgan fingerprint density at radius 1 is 1.10 bits per heavy atom. The van der Waals surface area contributed by atoms with E-state index in [-0.39, 0.29) is 6.61 Å². The van der Waals surface area contributed by atoms with E-state index in [2.05, 4.69) is 37.5 Å². The van der Waals surface area contributed by atoms with Crippen molar-refractivity contribution in [2.75, 3.05) is 30.3 Å². The van der Waals surface area contributed by atoms with Crippen LogP contribution in [0.4, 0.5) is 11.9 Å². The molecule has 0 aliphatic rings. The van der Waals surface area contributed by atoms with Gasteiger partial charge in [0.25, 0.3) is 0 Å². The maximum Gasteiger partial charge on any atom is 0.241 e. The first kappa shape index (κ1) is 15.2. The normalized spacial score (nSPS) is 10.6. The molecular weight excluding hydrogens is 270 g/mol. The number of nitrogens with zero attached hydrogens (tertiary/aromatic N) is 5. The summed E-state index contributed by atoms with van der Waals surface area (Å²) >= 11 is 0. The highest BCUT2D eigenvalue weighted by Gasteiger charge is 2.07. The van der Waals surface area contributed by atoms with Crippen molar-refractivity contribution in [3.8, 4) is 5.95 Å². The molecule has 3 N–H and O–H groups in total. The molecule has 0 aromatic carbocycles. The third-order valence-corrected chi connectivity index (χ3v) is 2.76. The summed E-state index contributed by atoms with van der Waals surface area (Å²) in [6.07, 6.45) is 7.72. The highest BCUT2D eigenvalue weighted by Crippen LogP contribution is 2.09. The number of imidazole rings is 1. The molecule has 0 saturated heterocycles. The van der Waals surface area contributed by atoms with Gasteiger partial charge in [-0.2, -0.15) is 15.0 Å². The van der Waals surface area contributed by atoms with Gasteiger partial charge in [0.05, 0.1) is 0 Å². The quantitative estimate of drug-likeness (QED) is 0.594. The van der Waals surface area contributed by atoms with E-state index in [4.69, 9.17) is 5.11 Å². The summed E-state index contributed by atoms with van der Waals surface area (Å²) in [5, 5.41) is 15.1. The van der Waals surface area contributed by atoms with Crippen LogP contribution in [0.2, 0.25) is 0 Å². The van der Waals surface area contributed by atoms with Crippen molar-refractivity contribution < 1.29 is 5.11 Å². The third-order valence-electron chi connectivity index (χ3n) is 2.76. The second kappa shape index (κ2) is 8.15. The summed E-state index contributed by atoms with van der Waals surface area (Å²) < 4.78 is 1.73. The van der Waals surface area contributed by atoms with E-state index in [9.17, 15) is 0 Å². The maximum atomic E-state index is 8.78. The van der Waals surface area contributed by atoms with Crippen molar-refractivity contribution in [2.45, 2.75) is 26.2 Å². The fourth-order valence-corrected chi connectivity index (χ4v) is 1.69. The molecule has 2 aromatic heterocycles. The first-order valence-electron chi connectivity index (χ1n) is 7.16. The predicted octanol–water partition coefficient (Wildman–Crippen LogP) is 1.06. The molecule has 114 valence electrons. The summed E-state index contributed by atoms with van der Waals surface area (Å²) in [4.78, 5) is 17.1. The fraction of sp³-hybridized carbons (Fsp3) is 0.538. The molecule has 0 spiro atoms. The molecule has 0 atom stereocenters. The van der Waals surface area contributed by atoms with Crippen LogP contribution in [-0.4, -0.2) is 49.3 Å². The van der Waals surface area contributed by atoms with E-state index in [0.717, 1.165) is 25.8 Å². The highest BCUT2D eigenvalue weighted by atomic mass is 16.2. The third kappa shape index (κ3) is 4.67. The van der Waals surface area contributed by atoms with E-state index in [1.54, 1.807) is 23.3 Å². The molecule has 2 heterocycles. The lowest BCUT2D eigenvalue weighted by Crippen LogP contribution is -2.13. The number of hydrogen-bond donors (Lipinski definition) is 3. The Morgan fingerprint density at radius 3 is 2.48 bits per heavy atom. The predicted molar refractivity (Wildman–Crippen MR) is 80.5 cm³/mol. The van der Waals surface area contributed by atoms with Gasteiger partial charge in [0.1, 0.15) is 6.33 Å². The minimum atomic E-state index is 0.197. The first-order chi connectivity index (χ1) is 10.3. The van der Waals surface area contributed by atoms with Crippen molar-refractivity contribution in [2.24, 2.45) is 0 Å². The van der Waals surface area contributed by atoms with Crippen molar-refractivity contribution in [3.05, 3.63) is 18.7 Å². The Balaban J connectivity index is 2.12. The second-order valence-corrected chi connectivity index (χ2v) is 4.54. The second-order valence-electron chi connectivity index (χ2n) is 4.54. The van der Waals surface area contributed by atoms with Gasteiger partial charge in [-0.15, -0.1) is 0 Å². The minimum Gasteiger partial charge on any atom is -0.396 e. The van der Waals surface area contributed by atoms with Crippen LogP contribution in [0.1, 0.15) is 26.2 Å². The van der Waals surface area contributed by atoms with E-state index in [0.29, 0.717) is 24.4 Å². The van der Waals surface area contributed by atoms with Gasteiger partial charge < -0.3 is 15.7 Å². The Bertz CT molecular complexity index is 529. The Labute approximate surface area is 123 Å². The minimum absolute atomic E-state index is 0.197. The van der Waals surface area contributed by atoms with Crippen LogP contribution in [0.25, 0.3) is 5.95 Å². The summed E-state index contributed by atoms with van der Waals surface area (Å²) in [5.74, 6) is 1.58. The Morgan fingerprint density at radius 2 is 1.86 bits per heavy atom. The molecule has 2 rings (SSSR count). The van der Waals surface area contributed by atoms with Crippen molar-refractivity contribution in [3.63, 3.8) is 0 Å². The SMILES string of the molecule is CCCNc1nc(NCCCCO)nc(-n2ccnc2)n1. The maximum absolute atomic E-state index is 8.78. The van der Waals surface area contributed by atoms with Crippen molar-refractivity contribution in [1.82, 2.24) is 24.5 Å². The zero-order valence-corrected chi connectivity index (χ0v) is 12.2. The number of hydrogen-bond acceptors (Lipinski definition) is 7. The lowest BCUT2D eigenvalue weighted by molar-refractivity contribution is 0.286. The number of aromatic nitrogens is 5. The summed E-state index contributed by atoms with van der Waals surface area (Å²) in [5.41, 5.74) is 0. The van der Waals surface area contributed by atoms with Gasteiger partial charge in [-0.05, 0) is 19.3 Å². The molecule has 0 radical (unpaired) electrons. The molecule has 2 aromatic rings. The summed E-state index contributed by atoms with van der Waals surface area (Å²) in [7, 11) is 0. The van der Waals surface area contributed by atoms with E-state index in [1.165, 1.54) is 0 Å². The number of rotatable bonds is 9. The van der Waals surface area contributed by atoms with Gasteiger partial charge in [0.15, 0.2) is 0 Å². The lowest BCUT2D eigenvalue weighted by atomic mass is 10.3. The van der Waals surface area contributed by atoms with Gasteiger partial charge in [0, 0.05) is 32.1 Å². The van der Waals surface area contributed by atoms with Gasteiger partial charge in [0.2, 0.25) is 17.8 Å². The zero-order chi connectivity index (χ0) is 14.9. The van der Waals surface area contributed by atoms with Gasteiger partial charge in [-0.1, -0.05) is 6.92 Å². The average molecular weight is 291 g/mol. The highest BCUT2D eigenvalue weighted by molar-refractivity contribution is 5.37. The molecular formula is C13H21N7O. The van der Waals surface area contributed by atoms with Crippen molar-refractivity contribution >= 4 is 11.9 Å². The molecule has 0 saturated carbocycles. The lowest BCUT2D eigenvalue weighted by Gasteiger charge is -2.09. The number of unbranched alkanes of at least 4 members (excludes halogenated alkanes) is 1. The smallest absolute Gasteiger partial charge is 0.241 e. The van der Waals surface area contributed by atoms with Gasteiger partial charge in [-0.3, -0.25) is 4.57 Å². The topological polar surface area (TPSA) is 101 Å². The van der Waals surface area contributed by atoms with Crippen LogP contribution in [-0.2, 0) is 0 Å². The molecule has 0 amide bonds. The zero-order valence-electron chi connectivity index (χ0n) is 12.2. The van der Waals surface area contributed by atoms with Crippen LogP contribution >= 0.6 is 0 Å². The van der Waals surface area contributed by atoms with Crippen molar-refractivity contribution in [1.29, 1.82) is 0 Å². The molecule has 0 aliphatic carbocycles. The molecule has 0 bridgehead atoms. The van der Waals surface area contributed by atoms with Crippen LogP contribution < -0.4 is 10.6 Å². The number of aliphatic hydroxyl groups excluding tert-OH is 1. The molecule has 8 heteroatoms.